The summed E-state index contributed by atoms with van der Waals surface area (Å²) in [5, 5.41) is 6.33. The van der Waals surface area contributed by atoms with E-state index in [0.29, 0.717) is 30.3 Å². The number of hydrogen-bond acceptors (Lipinski definition) is 6. The third kappa shape index (κ3) is 7.33. The Labute approximate surface area is 177 Å². The average Bonchev–Trinajstić information content (AvgIpc) is 3.16. The molecule has 2 heterocycles. The lowest BCUT2D eigenvalue weighted by atomic mass is 10.0. The van der Waals surface area contributed by atoms with Crippen LogP contribution in [0, 0.1) is 0 Å². The summed E-state index contributed by atoms with van der Waals surface area (Å²) in [6, 6.07) is 0.370. The van der Waals surface area contributed by atoms with Gasteiger partial charge in [0.1, 0.15) is 11.7 Å². The first-order valence-corrected chi connectivity index (χ1v) is 11.4. The molecule has 29 heavy (non-hydrogen) atoms. The fourth-order valence-electron chi connectivity index (χ4n) is 3.57. The standard InChI is InChI=1S/C21H34N2O5S/c1-13(2)19(25)14(3)27-11-10-21(4,5)28-17(24)9-7-6-8-16-18-15(12-29-16)22-20(26)23-18/h14-16,18H,1,6-12H2,2-5H3,(H2,22,23,26). The Kier molecular flexibility index (Phi) is 8.58. The van der Waals surface area contributed by atoms with Gasteiger partial charge in [-0.3, -0.25) is 9.59 Å². The van der Waals surface area contributed by atoms with Gasteiger partial charge >= 0.3 is 12.0 Å². The predicted octanol–water partition coefficient (Wildman–Crippen LogP) is 2.97. The zero-order chi connectivity index (χ0) is 21.6. The van der Waals surface area contributed by atoms with Gasteiger partial charge in [0, 0.05) is 23.8 Å². The van der Waals surface area contributed by atoms with Crippen molar-refractivity contribution < 1.29 is 23.9 Å². The maximum Gasteiger partial charge on any atom is 0.315 e. The molecule has 2 rings (SSSR count). The van der Waals surface area contributed by atoms with Crippen molar-refractivity contribution in [3.05, 3.63) is 12.2 Å². The molecule has 2 N–H and O–H groups in total. The van der Waals surface area contributed by atoms with Crippen LogP contribution in [0.1, 0.15) is 59.8 Å². The molecule has 0 bridgehead atoms. The molecule has 2 fully saturated rings. The normalized spacial score (nSPS) is 24.4. The molecule has 8 heteroatoms. The molecule has 0 saturated carbocycles. The summed E-state index contributed by atoms with van der Waals surface area (Å²) in [5.74, 6) is 0.622. The summed E-state index contributed by atoms with van der Waals surface area (Å²) < 4.78 is 11.1. The van der Waals surface area contributed by atoms with E-state index in [4.69, 9.17) is 9.47 Å². The van der Waals surface area contributed by atoms with Crippen LogP contribution in [0.3, 0.4) is 0 Å². The second-order valence-electron chi connectivity index (χ2n) is 8.51. The van der Waals surface area contributed by atoms with Gasteiger partial charge in [-0.05, 0) is 46.1 Å². The maximum absolute atomic E-state index is 12.2. The predicted molar refractivity (Wildman–Crippen MR) is 114 cm³/mol. The van der Waals surface area contributed by atoms with E-state index in [1.807, 2.05) is 25.6 Å². The molecule has 2 amide bonds. The highest BCUT2D eigenvalue weighted by molar-refractivity contribution is 8.00. The van der Waals surface area contributed by atoms with Crippen molar-refractivity contribution in [1.82, 2.24) is 10.6 Å². The monoisotopic (exact) mass is 426 g/mol. The van der Waals surface area contributed by atoms with E-state index >= 15 is 0 Å². The van der Waals surface area contributed by atoms with E-state index in [1.165, 1.54) is 0 Å². The topological polar surface area (TPSA) is 93.7 Å². The van der Waals surface area contributed by atoms with Crippen LogP contribution < -0.4 is 10.6 Å². The van der Waals surface area contributed by atoms with Crippen LogP contribution in [-0.4, -0.2) is 59.2 Å². The Morgan fingerprint density at radius 3 is 2.72 bits per heavy atom. The zero-order valence-electron chi connectivity index (χ0n) is 17.9. The largest absolute Gasteiger partial charge is 0.460 e. The molecule has 0 aromatic rings. The molecule has 0 aromatic heterocycles. The van der Waals surface area contributed by atoms with E-state index in [2.05, 4.69) is 17.2 Å². The van der Waals surface area contributed by atoms with Gasteiger partial charge in [0.2, 0.25) is 0 Å². The third-order valence-electron chi connectivity index (χ3n) is 5.31. The zero-order valence-corrected chi connectivity index (χ0v) is 18.7. The number of carbonyl (C=O) groups excluding carboxylic acids is 3. The second-order valence-corrected chi connectivity index (χ2v) is 9.78. The Hall–Kier alpha value is -1.54. The first-order chi connectivity index (χ1) is 13.6. The summed E-state index contributed by atoms with van der Waals surface area (Å²) >= 11 is 1.88. The molecule has 0 radical (unpaired) electrons. The number of nitrogens with one attached hydrogen (secondary N) is 2. The smallest absolute Gasteiger partial charge is 0.315 e. The van der Waals surface area contributed by atoms with Gasteiger partial charge in [-0.2, -0.15) is 11.8 Å². The SMILES string of the molecule is C=C(C)C(=O)C(C)OCCC(C)(C)OC(=O)CCCCC1SCC2NC(=O)NC21. The fourth-order valence-corrected chi connectivity index (χ4v) is 5.12. The molecule has 2 aliphatic rings. The lowest BCUT2D eigenvalue weighted by molar-refractivity contribution is -0.159. The number of ether oxygens (including phenoxy) is 2. The molecule has 4 unspecified atom stereocenters. The maximum atomic E-state index is 12.2. The number of Topliss-reactive ketones (excluding diaryl/α,β-unsaturated/α-hetero) is 1. The first kappa shape index (κ1) is 23.7. The van der Waals surface area contributed by atoms with Crippen LogP contribution in [0.5, 0.6) is 0 Å². The third-order valence-corrected chi connectivity index (χ3v) is 6.82. The lowest BCUT2D eigenvalue weighted by Gasteiger charge is -2.26. The number of amides is 2. The Morgan fingerprint density at radius 2 is 2.03 bits per heavy atom. The fraction of sp³-hybridized carbons (Fsp3) is 0.762. The van der Waals surface area contributed by atoms with Crippen molar-refractivity contribution in [1.29, 1.82) is 0 Å². The van der Waals surface area contributed by atoms with Gasteiger partial charge in [0.15, 0.2) is 5.78 Å². The second kappa shape index (κ2) is 10.5. The minimum atomic E-state index is -0.641. The number of thioether (sulfide) groups is 1. The van der Waals surface area contributed by atoms with E-state index in [-0.39, 0.29) is 29.9 Å². The number of carbonyl (C=O) groups is 3. The number of fused-ring (bicyclic) bond motifs is 1. The van der Waals surface area contributed by atoms with E-state index in [0.717, 1.165) is 25.0 Å². The van der Waals surface area contributed by atoms with Crippen LogP contribution in [0.15, 0.2) is 12.2 Å². The highest BCUT2D eigenvalue weighted by Gasteiger charge is 2.42. The van der Waals surface area contributed by atoms with Crippen LogP contribution in [-0.2, 0) is 19.1 Å². The summed E-state index contributed by atoms with van der Waals surface area (Å²) in [4.78, 5) is 35.3. The Morgan fingerprint density at radius 1 is 1.31 bits per heavy atom. The molecule has 0 spiro atoms. The molecule has 2 saturated heterocycles. The van der Waals surface area contributed by atoms with Gasteiger partial charge < -0.3 is 20.1 Å². The number of unbranched alkanes of at least 4 members (excludes halogenated alkanes) is 1. The quantitative estimate of drug-likeness (QED) is 0.216. The van der Waals surface area contributed by atoms with Crippen molar-refractivity contribution in [2.45, 2.75) is 88.8 Å². The summed E-state index contributed by atoms with van der Waals surface area (Å²) in [6.07, 6.45) is 3.03. The van der Waals surface area contributed by atoms with Crippen LogP contribution >= 0.6 is 11.8 Å². The van der Waals surface area contributed by atoms with Gasteiger partial charge in [-0.1, -0.05) is 13.0 Å². The van der Waals surface area contributed by atoms with Gasteiger partial charge in [-0.15, -0.1) is 0 Å². The van der Waals surface area contributed by atoms with Crippen LogP contribution in [0.25, 0.3) is 0 Å². The van der Waals surface area contributed by atoms with Gasteiger partial charge in [0.25, 0.3) is 0 Å². The minimum Gasteiger partial charge on any atom is -0.460 e. The molecule has 0 aliphatic carbocycles. The molecule has 4 atom stereocenters. The van der Waals surface area contributed by atoms with Crippen molar-refractivity contribution in [3.63, 3.8) is 0 Å². The van der Waals surface area contributed by atoms with Crippen LogP contribution in [0.2, 0.25) is 0 Å². The van der Waals surface area contributed by atoms with Gasteiger partial charge in [-0.25, -0.2) is 4.79 Å². The van der Waals surface area contributed by atoms with E-state index < -0.39 is 11.7 Å². The molecule has 2 aliphatic heterocycles. The summed E-state index contributed by atoms with van der Waals surface area (Å²) in [7, 11) is 0. The van der Waals surface area contributed by atoms with Crippen molar-refractivity contribution >= 4 is 29.5 Å². The lowest BCUT2D eigenvalue weighted by Crippen LogP contribution is -2.36. The Balaban J connectivity index is 1.59. The van der Waals surface area contributed by atoms with Crippen molar-refractivity contribution in [2.24, 2.45) is 0 Å². The minimum absolute atomic E-state index is 0.0709. The Bertz CT molecular complexity index is 637. The molecule has 164 valence electrons. The first-order valence-electron chi connectivity index (χ1n) is 10.3. The highest BCUT2D eigenvalue weighted by Crippen LogP contribution is 2.33. The van der Waals surface area contributed by atoms with Gasteiger partial charge in [0.05, 0.1) is 18.7 Å². The highest BCUT2D eigenvalue weighted by atomic mass is 32.2. The average molecular weight is 427 g/mol. The molecule has 7 nitrogen and oxygen atoms in total. The molecular weight excluding hydrogens is 392 g/mol. The van der Waals surface area contributed by atoms with Crippen molar-refractivity contribution in [3.8, 4) is 0 Å². The summed E-state index contributed by atoms with van der Waals surface area (Å²) in [5.41, 5.74) is -0.168. The molecule has 0 aromatic carbocycles. The van der Waals surface area contributed by atoms with Crippen molar-refractivity contribution in [2.75, 3.05) is 12.4 Å². The number of rotatable bonds is 12. The molecular formula is C21H34N2O5S. The number of ketones is 1. The number of hydrogen-bond donors (Lipinski definition) is 2. The van der Waals surface area contributed by atoms with E-state index in [9.17, 15) is 14.4 Å². The number of esters is 1. The van der Waals surface area contributed by atoms with Crippen LogP contribution in [0.4, 0.5) is 4.79 Å². The summed E-state index contributed by atoms with van der Waals surface area (Å²) in [6.45, 7) is 11.0. The number of urea groups is 1. The van der Waals surface area contributed by atoms with E-state index in [1.54, 1.807) is 13.8 Å².